The topological polar surface area (TPSA) is 90.1 Å². The minimum Gasteiger partial charge on any atom is -0.482 e. The van der Waals surface area contributed by atoms with E-state index in [4.69, 9.17) is 20.9 Å². The number of rotatable bonds is 6. The summed E-state index contributed by atoms with van der Waals surface area (Å²) in [6.45, 7) is 0.107. The third kappa shape index (κ3) is 4.59. The Bertz CT molecular complexity index is 1110. The number of hydrogen-bond donors (Lipinski definition) is 1. The molecule has 0 radical (unpaired) electrons. The van der Waals surface area contributed by atoms with Crippen LogP contribution in [0.3, 0.4) is 0 Å². The lowest BCUT2D eigenvalue weighted by Gasteiger charge is -2.05. The van der Waals surface area contributed by atoms with Crippen LogP contribution in [-0.2, 0) is 6.61 Å². The van der Waals surface area contributed by atoms with Gasteiger partial charge in [-0.2, -0.15) is 4.98 Å². The highest BCUT2D eigenvalue weighted by molar-refractivity contribution is 6.32. The van der Waals surface area contributed by atoms with Gasteiger partial charge >= 0.3 is 0 Å². The van der Waals surface area contributed by atoms with Gasteiger partial charge in [0.25, 0.3) is 11.8 Å². The quantitative estimate of drug-likeness (QED) is 0.502. The standard InChI is InChI=1S/C21H15ClN4O3/c22-17-5-1-2-6-18(17)28-13-19-25-20(26-29-19)14-7-9-16(10-8-14)24-21(27)15-4-3-11-23-12-15/h1-12H,13H2,(H,24,27). The first-order valence-electron chi connectivity index (χ1n) is 8.71. The number of pyridine rings is 1. The van der Waals surface area contributed by atoms with Crippen LogP contribution >= 0.6 is 11.6 Å². The highest BCUT2D eigenvalue weighted by Gasteiger charge is 2.11. The Labute approximate surface area is 171 Å². The second kappa shape index (κ2) is 8.53. The molecule has 8 heteroatoms. The number of aromatic nitrogens is 3. The van der Waals surface area contributed by atoms with Crippen molar-refractivity contribution in [3.63, 3.8) is 0 Å². The number of ether oxygens (including phenoxy) is 1. The summed E-state index contributed by atoms with van der Waals surface area (Å²) in [6, 6.07) is 17.7. The zero-order valence-electron chi connectivity index (χ0n) is 15.1. The van der Waals surface area contributed by atoms with Crippen LogP contribution < -0.4 is 10.1 Å². The molecule has 0 unspecified atom stereocenters. The van der Waals surface area contributed by atoms with Gasteiger partial charge in [0.15, 0.2) is 6.61 Å². The van der Waals surface area contributed by atoms with Gasteiger partial charge in [0, 0.05) is 23.6 Å². The first-order chi connectivity index (χ1) is 14.2. The molecule has 29 heavy (non-hydrogen) atoms. The van der Waals surface area contributed by atoms with Crippen LogP contribution in [0.1, 0.15) is 16.2 Å². The van der Waals surface area contributed by atoms with Crippen molar-refractivity contribution in [3.05, 3.63) is 89.5 Å². The van der Waals surface area contributed by atoms with Crippen LogP contribution in [0.4, 0.5) is 5.69 Å². The van der Waals surface area contributed by atoms with E-state index >= 15 is 0 Å². The molecule has 2 heterocycles. The fourth-order valence-corrected chi connectivity index (χ4v) is 2.73. The summed E-state index contributed by atoms with van der Waals surface area (Å²) < 4.78 is 10.8. The number of benzene rings is 2. The minimum absolute atomic E-state index is 0.107. The van der Waals surface area contributed by atoms with E-state index in [0.717, 1.165) is 5.56 Å². The maximum absolute atomic E-state index is 12.2. The van der Waals surface area contributed by atoms with E-state index in [0.29, 0.717) is 33.7 Å². The molecule has 4 rings (SSSR count). The number of nitrogens with one attached hydrogen (secondary N) is 1. The van der Waals surface area contributed by atoms with Crippen LogP contribution in [0, 0.1) is 0 Å². The number of hydrogen-bond acceptors (Lipinski definition) is 6. The highest BCUT2D eigenvalue weighted by atomic mass is 35.5. The SMILES string of the molecule is O=C(Nc1ccc(-c2noc(COc3ccccc3Cl)n2)cc1)c1cccnc1. The Kier molecular flexibility index (Phi) is 5.49. The predicted octanol–water partition coefficient (Wildman–Crippen LogP) is 4.62. The van der Waals surface area contributed by atoms with Crippen LogP contribution in [0.2, 0.25) is 5.02 Å². The molecular weight excluding hydrogens is 392 g/mol. The zero-order valence-corrected chi connectivity index (χ0v) is 15.8. The summed E-state index contributed by atoms with van der Waals surface area (Å²) in [7, 11) is 0. The Morgan fingerprint density at radius 3 is 2.66 bits per heavy atom. The molecule has 144 valence electrons. The first kappa shape index (κ1) is 18.6. The molecule has 0 aliphatic heterocycles. The second-order valence-corrected chi connectivity index (χ2v) is 6.41. The largest absolute Gasteiger partial charge is 0.482 e. The van der Waals surface area contributed by atoms with Crippen molar-refractivity contribution in [1.82, 2.24) is 15.1 Å². The van der Waals surface area contributed by atoms with Gasteiger partial charge in [-0.05, 0) is 48.5 Å². The third-order valence-corrected chi connectivity index (χ3v) is 4.29. The molecule has 0 atom stereocenters. The molecule has 4 aromatic rings. The first-order valence-corrected chi connectivity index (χ1v) is 9.08. The second-order valence-electron chi connectivity index (χ2n) is 6.00. The van der Waals surface area contributed by atoms with E-state index in [2.05, 4.69) is 20.4 Å². The number of nitrogens with zero attached hydrogens (tertiary/aromatic N) is 3. The van der Waals surface area contributed by atoms with E-state index < -0.39 is 0 Å². The monoisotopic (exact) mass is 406 g/mol. The highest BCUT2D eigenvalue weighted by Crippen LogP contribution is 2.24. The molecule has 1 N–H and O–H groups in total. The summed E-state index contributed by atoms with van der Waals surface area (Å²) in [5.41, 5.74) is 1.88. The predicted molar refractivity (Wildman–Crippen MR) is 108 cm³/mol. The van der Waals surface area contributed by atoms with Crippen molar-refractivity contribution in [2.45, 2.75) is 6.61 Å². The average Bonchev–Trinajstić information content (AvgIpc) is 3.23. The van der Waals surface area contributed by atoms with Gasteiger partial charge < -0.3 is 14.6 Å². The van der Waals surface area contributed by atoms with Crippen LogP contribution in [0.5, 0.6) is 5.75 Å². The zero-order chi connectivity index (χ0) is 20.1. The molecule has 0 aliphatic rings. The van der Waals surface area contributed by atoms with Gasteiger partial charge in [-0.25, -0.2) is 0 Å². The normalized spacial score (nSPS) is 10.5. The third-order valence-electron chi connectivity index (χ3n) is 3.98. The van der Waals surface area contributed by atoms with E-state index in [1.54, 1.807) is 54.7 Å². The molecule has 0 fully saturated rings. The summed E-state index contributed by atoms with van der Waals surface area (Å²) in [5.74, 6) is 1.06. The molecule has 0 saturated carbocycles. The van der Waals surface area contributed by atoms with Crippen molar-refractivity contribution in [1.29, 1.82) is 0 Å². The fraction of sp³-hybridized carbons (Fsp3) is 0.0476. The molecule has 2 aromatic carbocycles. The molecule has 0 saturated heterocycles. The number of halogens is 1. The maximum atomic E-state index is 12.2. The summed E-state index contributed by atoms with van der Waals surface area (Å²) in [6.07, 6.45) is 3.12. The lowest BCUT2D eigenvalue weighted by atomic mass is 10.2. The van der Waals surface area contributed by atoms with Crippen molar-refractivity contribution in [3.8, 4) is 17.1 Å². The van der Waals surface area contributed by atoms with Crippen molar-refractivity contribution < 1.29 is 14.1 Å². The number of anilines is 1. The van der Waals surface area contributed by atoms with Gasteiger partial charge in [-0.3, -0.25) is 9.78 Å². The van der Waals surface area contributed by atoms with Crippen LogP contribution in [0.15, 0.2) is 77.6 Å². The Morgan fingerprint density at radius 1 is 1.07 bits per heavy atom. The summed E-state index contributed by atoms with van der Waals surface area (Å²) in [5, 5.41) is 7.29. The summed E-state index contributed by atoms with van der Waals surface area (Å²) >= 11 is 6.06. The van der Waals surface area contributed by atoms with Crippen LogP contribution in [-0.4, -0.2) is 21.0 Å². The molecule has 0 spiro atoms. The van der Waals surface area contributed by atoms with Crippen molar-refractivity contribution in [2.24, 2.45) is 0 Å². The number of amides is 1. The van der Waals surface area contributed by atoms with Crippen molar-refractivity contribution in [2.75, 3.05) is 5.32 Å². The van der Waals surface area contributed by atoms with Crippen molar-refractivity contribution >= 4 is 23.2 Å². The number of para-hydroxylation sites is 1. The van der Waals surface area contributed by atoms with E-state index in [1.165, 1.54) is 6.20 Å². The molecule has 0 aliphatic carbocycles. The molecule has 0 bridgehead atoms. The lowest BCUT2D eigenvalue weighted by Crippen LogP contribution is -2.11. The lowest BCUT2D eigenvalue weighted by molar-refractivity contribution is 0.102. The molecular formula is C21H15ClN4O3. The van der Waals surface area contributed by atoms with E-state index in [1.807, 2.05) is 12.1 Å². The minimum atomic E-state index is -0.232. The maximum Gasteiger partial charge on any atom is 0.264 e. The van der Waals surface area contributed by atoms with E-state index in [9.17, 15) is 4.79 Å². The van der Waals surface area contributed by atoms with Gasteiger partial charge in [0.05, 0.1) is 10.6 Å². The average molecular weight is 407 g/mol. The molecule has 7 nitrogen and oxygen atoms in total. The fourth-order valence-electron chi connectivity index (χ4n) is 2.53. The van der Waals surface area contributed by atoms with Gasteiger partial charge in [-0.15, -0.1) is 0 Å². The summed E-state index contributed by atoms with van der Waals surface area (Å²) in [4.78, 5) is 20.4. The number of carbonyl (C=O) groups is 1. The Balaban J connectivity index is 1.39. The smallest absolute Gasteiger partial charge is 0.264 e. The van der Waals surface area contributed by atoms with Crippen LogP contribution in [0.25, 0.3) is 11.4 Å². The number of carbonyl (C=O) groups excluding carboxylic acids is 1. The molecule has 1 amide bonds. The Morgan fingerprint density at radius 2 is 1.90 bits per heavy atom. The van der Waals surface area contributed by atoms with Gasteiger partial charge in [-0.1, -0.05) is 28.9 Å². The van der Waals surface area contributed by atoms with E-state index in [-0.39, 0.29) is 12.5 Å². The Hall–Kier alpha value is -3.71. The molecule has 2 aromatic heterocycles. The van der Waals surface area contributed by atoms with Gasteiger partial charge in [0.1, 0.15) is 5.75 Å². The van der Waals surface area contributed by atoms with Gasteiger partial charge in [0.2, 0.25) is 5.82 Å².